The lowest BCUT2D eigenvalue weighted by Gasteiger charge is -2.11. The molecule has 2 aromatic carbocycles. The summed E-state index contributed by atoms with van der Waals surface area (Å²) >= 11 is 3.12. The van der Waals surface area contributed by atoms with Crippen LogP contribution in [0.15, 0.2) is 40.9 Å². The van der Waals surface area contributed by atoms with Crippen LogP contribution in [0.5, 0.6) is 0 Å². The molecule has 0 aliphatic carbocycles. The number of hydrogen-bond acceptors (Lipinski definition) is 3. The van der Waals surface area contributed by atoms with Crippen molar-refractivity contribution in [2.45, 2.75) is 13.5 Å². The van der Waals surface area contributed by atoms with Crippen LogP contribution in [0.1, 0.15) is 11.1 Å². The summed E-state index contributed by atoms with van der Waals surface area (Å²) in [6.45, 7) is 2.08. The first-order chi connectivity index (χ1) is 9.49. The van der Waals surface area contributed by atoms with Crippen molar-refractivity contribution in [3.63, 3.8) is 0 Å². The van der Waals surface area contributed by atoms with Crippen LogP contribution < -0.4 is 5.32 Å². The molecule has 0 heterocycles. The van der Waals surface area contributed by atoms with Crippen molar-refractivity contribution in [3.05, 3.63) is 67.9 Å². The van der Waals surface area contributed by atoms with Gasteiger partial charge in [0.2, 0.25) is 0 Å². The van der Waals surface area contributed by atoms with Gasteiger partial charge in [0, 0.05) is 23.9 Å². The number of para-hydroxylation sites is 1. The maximum Gasteiger partial charge on any atom is 0.274 e. The fraction of sp³-hybridized carbons (Fsp3) is 0.143. The van der Waals surface area contributed by atoms with E-state index in [9.17, 15) is 14.5 Å². The van der Waals surface area contributed by atoms with E-state index in [1.807, 2.05) is 0 Å². The number of benzene rings is 2. The fourth-order valence-corrected chi connectivity index (χ4v) is 2.21. The van der Waals surface area contributed by atoms with Crippen molar-refractivity contribution in [1.82, 2.24) is 0 Å². The van der Waals surface area contributed by atoms with E-state index in [-0.39, 0.29) is 11.5 Å². The lowest BCUT2D eigenvalue weighted by atomic mass is 10.1. The number of anilines is 1. The van der Waals surface area contributed by atoms with E-state index in [0.717, 1.165) is 11.3 Å². The third-order valence-electron chi connectivity index (χ3n) is 2.92. The zero-order valence-corrected chi connectivity index (χ0v) is 12.3. The van der Waals surface area contributed by atoms with Gasteiger partial charge in [-0.05, 0) is 40.5 Å². The SMILES string of the molecule is Cc1cc(F)c(Br)cc1NCc1ccccc1[N+](=O)[O-]. The number of hydrogen-bond donors (Lipinski definition) is 1. The van der Waals surface area contributed by atoms with Gasteiger partial charge >= 0.3 is 0 Å². The molecule has 0 aliphatic heterocycles. The van der Waals surface area contributed by atoms with Crippen molar-refractivity contribution in [2.24, 2.45) is 0 Å². The molecule has 0 aliphatic rings. The van der Waals surface area contributed by atoms with Crippen LogP contribution >= 0.6 is 15.9 Å². The molecule has 0 fully saturated rings. The highest BCUT2D eigenvalue weighted by Gasteiger charge is 2.12. The molecular weight excluding hydrogens is 327 g/mol. The highest BCUT2D eigenvalue weighted by Crippen LogP contribution is 2.26. The van der Waals surface area contributed by atoms with Gasteiger partial charge in [-0.3, -0.25) is 10.1 Å². The maximum atomic E-state index is 13.3. The van der Waals surface area contributed by atoms with Gasteiger partial charge < -0.3 is 5.32 Å². The first kappa shape index (κ1) is 14.5. The quantitative estimate of drug-likeness (QED) is 0.663. The van der Waals surface area contributed by atoms with Gasteiger partial charge in [0.1, 0.15) is 5.82 Å². The minimum Gasteiger partial charge on any atom is -0.380 e. The Morgan fingerprint density at radius 1 is 1.35 bits per heavy atom. The Hall–Kier alpha value is -1.95. The summed E-state index contributed by atoms with van der Waals surface area (Å²) in [5, 5.41) is 14.0. The minimum absolute atomic E-state index is 0.0684. The summed E-state index contributed by atoms with van der Waals surface area (Å²) in [4.78, 5) is 10.5. The summed E-state index contributed by atoms with van der Waals surface area (Å²) in [5.41, 5.74) is 2.12. The van der Waals surface area contributed by atoms with Gasteiger partial charge in [-0.2, -0.15) is 0 Å². The Morgan fingerprint density at radius 2 is 2.05 bits per heavy atom. The summed E-state index contributed by atoms with van der Waals surface area (Å²) in [6.07, 6.45) is 0. The van der Waals surface area contributed by atoms with Gasteiger partial charge in [0.25, 0.3) is 5.69 Å². The van der Waals surface area contributed by atoms with Crippen molar-refractivity contribution in [3.8, 4) is 0 Å². The van der Waals surface area contributed by atoms with Crippen molar-refractivity contribution < 1.29 is 9.31 Å². The Balaban J connectivity index is 2.21. The average Bonchev–Trinajstić information content (AvgIpc) is 2.41. The topological polar surface area (TPSA) is 55.2 Å². The zero-order valence-electron chi connectivity index (χ0n) is 10.7. The molecule has 0 aromatic heterocycles. The lowest BCUT2D eigenvalue weighted by molar-refractivity contribution is -0.385. The van der Waals surface area contributed by atoms with Crippen molar-refractivity contribution >= 4 is 27.3 Å². The Morgan fingerprint density at radius 3 is 2.75 bits per heavy atom. The molecule has 0 radical (unpaired) electrons. The highest BCUT2D eigenvalue weighted by atomic mass is 79.9. The van der Waals surface area contributed by atoms with Crippen LogP contribution in [0.4, 0.5) is 15.8 Å². The Bertz CT molecular complexity index is 662. The number of halogens is 2. The molecule has 20 heavy (non-hydrogen) atoms. The third kappa shape index (κ3) is 3.14. The molecule has 6 heteroatoms. The van der Waals surface area contributed by atoms with Crippen LogP contribution in [0.25, 0.3) is 0 Å². The van der Waals surface area contributed by atoms with Gasteiger partial charge in [0.05, 0.1) is 9.40 Å². The predicted octanol–water partition coefficient (Wildman–Crippen LogP) is 4.42. The summed E-state index contributed by atoms with van der Waals surface area (Å²) in [7, 11) is 0. The average molecular weight is 339 g/mol. The summed E-state index contributed by atoms with van der Waals surface area (Å²) in [6, 6.07) is 9.56. The number of nitro benzene ring substituents is 1. The summed E-state index contributed by atoms with van der Waals surface area (Å²) < 4.78 is 13.7. The smallest absolute Gasteiger partial charge is 0.274 e. The monoisotopic (exact) mass is 338 g/mol. The molecule has 0 spiro atoms. The third-order valence-corrected chi connectivity index (χ3v) is 3.53. The molecule has 1 N–H and O–H groups in total. The first-order valence-electron chi connectivity index (χ1n) is 5.91. The van der Waals surface area contributed by atoms with Gasteiger partial charge in [-0.25, -0.2) is 4.39 Å². The van der Waals surface area contributed by atoms with E-state index in [2.05, 4.69) is 21.2 Å². The number of nitro groups is 1. The molecule has 0 amide bonds. The molecule has 0 atom stereocenters. The second kappa shape index (κ2) is 6.00. The molecule has 2 aromatic rings. The van der Waals surface area contributed by atoms with Crippen LogP contribution in [-0.4, -0.2) is 4.92 Å². The van der Waals surface area contributed by atoms with Crippen LogP contribution in [0, 0.1) is 22.9 Å². The normalized spacial score (nSPS) is 10.3. The number of nitrogens with zero attached hydrogens (tertiary/aromatic N) is 1. The van der Waals surface area contributed by atoms with Crippen molar-refractivity contribution in [1.29, 1.82) is 0 Å². The van der Waals surface area contributed by atoms with E-state index < -0.39 is 4.92 Å². The first-order valence-corrected chi connectivity index (χ1v) is 6.70. The fourth-order valence-electron chi connectivity index (χ4n) is 1.87. The van der Waals surface area contributed by atoms with Crippen LogP contribution in [-0.2, 0) is 6.54 Å². The number of rotatable bonds is 4. The minimum atomic E-state index is -0.412. The lowest BCUT2D eigenvalue weighted by Crippen LogP contribution is -2.04. The molecule has 2 rings (SSSR count). The highest BCUT2D eigenvalue weighted by molar-refractivity contribution is 9.10. The van der Waals surface area contributed by atoms with Gasteiger partial charge in [-0.1, -0.05) is 18.2 Å². The van der Waals surface area contributed by atoms with E-state index in [1.165, 1.54) is 12.1 Å². The molecule has 0 saturated carbocycles. The van der Waals surface area contributed by atoms with E-state index in [1.54, 1.807) is 31.2 Å². The van der Waals surface area contributed by atoms with Crippen LogP contribution in [0.3, 0.4) is 0 Å². The predicted molar refractivity (Wildman–Crippen MR) is 79.3 cm³/mol. The van der Waals surface area contributed by atoms with Gasteiger partial charge in [0.15, 0.2) is 0 Å². The molecule has 4 nitrogen and oxygen atoms in total. The van der Waals surface area contributed by atoms with E-state index >= 15 is 0 Å². The summed E-state index contributed by atoms with van der Waals surface area (Å²) in [5.74, 6) is -0.334. The van der Waals surface area contributed by atoms with E-state index in [0.29, 0.717) is 16.6 Å². The number of aryl methyl sites for hydroxylation is 1. The molecular formula is C14H12BrFN2O2. The molecule has 0 saturated heterocycles. The van der Waals surface area contributed by atoms with Gasteiger partial charge in [-0.15, -0.1) is 0 Å². The second-order valence-corrected chi connectivity index (χ2v) is 5.17. The molecule has 0 bridgehead atoms. The molecule has 104 valence electrons. The van der Waals surface area contributed by atoms with Crippen LogP contribution in [0.2, 0.25) is 0 Å². The number of nitrogens with one attached hydrogen (secondary N) is 1. The van der Waals surface area contributed by atoms with Crippen molar-refractivity contribution in [2.75, 3.05) is 5.32 Å². The Kier molecular flexibility index (Phi) is 4.34. The largest absolute Gasteiger partial charge is 0.380 e. The zero-order chi connectivity index (χ0) is 14.7. The van der Waals surface area contributed by atoms with E-state index in [4.69, 9.17) is 0 Å². The maximum absolute atomic E-state index is 13.3. The molecule has 0 unspecified atom stereocenters. The second-order valence-electron chi connectivity index (χ2n) is 4.32. The standard InChI is InChI=1S/C14H12BrFN2O2/c1-9-6-12(16)11(15)7-13(9)17-8-10-4-2-3-5-14(10)18(19)20/h2-7,17H,8H2,1H3. The Labute approximate surface area is 123 Å².